The lowest BCUT2D eigenvalue weighted by molar-refractivity contribution is 0.102. The van der Waals surface area contributed by atoms with E-state index in [1.165, 1.54) is 0 Å². The Hall–Kier alpha value is -2.36. The molecule has 0 aliphatic rings. The second-order valence-electron chi connectivity index (χ2n) is 3.62. The molecule has 86 valence electrons. The molecule has 0 spiro atoms. The maximum absolute atomic E-state index is 11.9. The van der Waals surface area contributed by atoms with Gasteiger partial charge in [-0.05, 0) is 25.1 Å². The summed E-state index contributed by atoms with van der Waals surface area (Å²) < 4.78 is 0. The minimum Gasteiger partial charge on any atom is -0.342 e. The van der Waals surface area contributed by atoms with E-state index >= 15 is 0 Å². The summed E-state index contributed by atoms with van der Waals surface area (Å²) in [5.74, 6) is 0.374. The van der Waals surface area contributed by atoms with Gasteiger partial charge in [-0.2, -0.15) is 0 Å². The molecule has 2 aromatic rings. The number of aromatic amines is 1. The number of carbonyl (C=O) groups excluding carboxylic acids is 1. The van der Waals surface area contributed by atoms with E-state index in [-0.39, 0.29) is 5.91 Å². The lowest BCUT2D eigenvalue weighted by Crippen LogP contribution is -2.13. The molecule has 17 heavy (non-hydrogen) atoms. The highest BCUT2D eigenvalue weighted by Gasteiger charge is 2.13. The van der Waals surface area contributed by atoms with Crippen LogP contribution < -0.4 is 5.32 Å². The Morgan fingerprint density at radius 3 is 2.71 bits per heavy atom. The molecule has 1 heterocycles. The van der Waals surface area contributed by atoms with E-state index in [9.17, 15) is 4.79 Å². The number of amides is 1. The second kappa shape index (κ2) is 4.65. The summed E-state index contributed by atoms with van der Waals surface area (Å²) in [6.45, 7) is 5.41. The van der Waals surface area contributed by atoms with Crippen molar-refractivity contribution in [1.29, 1.82) is 0 Å². The fourth-order valence-corrected chi connectivity index (χ4v) is 1.51. The highest BCUT2D eigenvalue weighted by Crippen LogP contribution is 2.10. The number of aromatic nitrogens is 2. The number of aryl methyl sites for hydroxylation is 1. The molecule has 0 saturated carbocycles. The van der Waals surface area contributed by atoms with Crippen LogP contribution >= 0.6 is 0 Å². The van der Waals surface area contributed by atoms with Crippen LogP contribution in [0.15, 0.2) is 36.9 Å². The Kier molecular flexibility index (Phi) is 3.05. The summed E-state index contributed by atoms with van der Waals surface area (Å²) in [6.07, 6.45) is 1.58. The average molecular weight is 227 g/mol. The number of benzene rings is 1. The Labute approximate surface area is 99.4 Å². The van der Waals surface area contributed by atoms with Gasteiger partial charge in [0.1, 0.15) is 11.5 Å². The van der Waals surface area contributed by atoms with E-state index in [1.54, 1.807) is 13.0 Å². The Balaban J connectivity index is 2.20. The van der Waals surface area contributed by atoms with E-state index in [0.29, 0.717) is 11.5 Å². The first-order valence-corrected chi connectivity index (χ1v) is 5.26. The smallest absolute Gasteiger partial charge is 0.276 e. The van der Waals surface area contributed by atoms with Gasteiger partial charge in [-0.3, -0.25) is 4.79 Å². The monoisotopic (exact) mass is 227 g/mol. The van der Waals surface area contributed by atoms with Crippen molar-refractivity contribution in [2.75, 3.05) is 5.32 Å². The van der Waals surface area contributed by atoms with Gasteiger partial charge in [-0.25, -0.2) is 4.98 Å². The van der Waals surface area contributed by atoms with Gasteiger partial charge in [0.05, 0.1) is 0 Å². The molecule has 4 heteroatoms. The van der Waals surface area contributed by atoms with Crippen LogP contribution in [0, 0.1) is 6.92 Å². The van der Waals surface area contributed by atoms with Gasteiger partial charge < -0.3 is 10.3 Å². The van der Waals surface area contributed by atoms with Gasteiger partial charge in [0.2, 0.25) is 0 Å². The number of hydrogen-bond donors (Lipinski definition) is 2. The van der Waals surface area contributed by atoms with E-state index in [0.717, 1.165) is 11.4 Å². The van der Waals surface area contributed by atoms with Crippen molar-refractivity contribution in [2.45, 2.75) is 6.92 Å². The molecular formula is C13H13N3O. The number of H-pyrrole nitrogens is 1. The molecule has 0 saturated heterocycles. The van der Waals surface area contributed by atoms with Gasteiger partial charge >= 0.3 is 0 Å². The maximum Gasteiger partial charge on any atom is 0.276 e. The molecule has 0 atom stereocenters. The third-order valence-electron chi connectivity index (χ3n) is 2.34. The largest absolute Gasteiger partial charge is 0.342 e. The highest BCUT2D eigenvalue weighted by molar-refractivity contribution is 6.03. The maximum atomic E-state index is 11.9. The van der Waals surface area contributed by atoms with Crippen LogP contribution in [0.5, 0.6) is 0 Å². The van der Waals surface area contributed by atoms with Crippen molar-refractivity contribution in [3.8, 4) is 0 Å². The zero-order valence-electron chi connectivity index (χ0n) is 9.53. The summed E-state index contributed by atoms with van der Waals surface area (Å²) in [5, 5.41) is 2.78. The molecule has 0 fully saturated rings. The highest BCUT2D eigenvalue weighted by atomic mass is 16.1. The average Bonchev–Trinajstić information content (AvgIpc) is 2.72. The SMILES string of the molecule is C=Cc1nc(C(=O)Nc2ccccc2)c(C)[nH]1. The second-order valence-corrected chi connectivity index (χ2v) is 3.62. The molecule has 4 nitrogen and oxygen atoms in total. The van der Waals surface area contributed by atoms with Crippen molar-refractivity contribution in [1.82, 2.24) is 9.97 Å². The topological polar surface area (TPSA) is 57.8 Å². The molecule has 1 aromatic carbocycles. The van der Waals surface area contributed by atoms with Crippen LogP contribution in [0.25, 0.3) is 6.08 Å². The normalized spacial score (nSPS) is 9.94. The quantitative estimate of drug-likeness (QED) is 0.846. The lowest BCUT2D eigenvalue weighted by Gasteiger charge is -2.02. The fourth-order valence-electron chi connectivity index (χ4n) is 1.51. The van der Waals surface area contributed by atoms with Crippen molar-refractivity contribution in [2.24, 2.45) is 0 Å². The molecule has 0 aliphatic heterocycles. The summed E-state index contributed by atoms with van der Waals surface area (Å²) in [5.41, 5.74) is 1.87. The third kappa shape index (κ3) is 2.42. The van der Waals surface area contributed by atoms with Crippen molar-refractivity contribution in [3.05, 3.63) is 54.1 Å². The van der Waals surface area contributed by atoms with Crippen LogP contribution in [0.1, 0.15) is 22.0 Å². The summed E-state index contributed by atoms with van der Waals surface area (Å²) >= 11 is 0. The number of carbonyl (C=O) groups is 1. The summed E-state index contributed by atoms with van der Waals surface area (Å²) in [4.78, 5) is 19.0. The zero-order chi connectivity index (χ0) is 12.3. The number of anilines is 1. The molecule has 0 unspecified atom stereocenters. The zero-order valence-corrected chi connectivity index (χ0v) is 9.53. The Bertz CT molecular complexity index is 543. The van der Waals surface area contributed by atoms with E-state index in [2.05, 4.69) is 21.9 Å². The van der Waals surface area contributed by atoms with Gasteiger partial charge in [0.25, 0.3) is 5.91 Å². The number of nitrogens with one attached hydrogen (secondary N) is 2. The van der Waals surface area contributed by atoms with Gasteiger partial charge in [-0.1, -0.05) is 24.8 Å². The molecule has 0 bridgehead atoms. The van der Waals surface area contributed by atoms with Crippen LogP contribution in [-0.4, -0.2) is 15.9 Å². The fraction of sp³-hybridized carbons (Fsp3) is 0.0769. The molecular weight excluding hydrogens is 214 g/mol. The number of rotatable bonds is 3. The van der Waals surface area contributed by atoms with Gasteiger partial charge in [0.15, 0.2) is 0 Å². The first-order chi connectivity index (χ1) is 8.20. The lowest BCUT2D eigenvalue weighted by atomic mass is 10.3. The van der Waals surface area contributed by atoms with E-state index < -0.39 is 0 Å². The van der Waals surface area contributed by atoms with Gasteiger partial charge in [0, 0.05) is 11.4 Å². The predicted octanol–water partition coefficient (Wildman–Crippen LogP) is 2.61. The first-order valence-electron chi connectivity index (χ1n) is 5.26. The number of imidazole rings is 1. The summed E-state index contributed by atoms with van der Waals surface area (Å²) in [7, 11) is 0. The minimum atomic E-state index is -0.224. The molecule has 1 aromatic heterocycles. The van der Waals surface area contributed by atoms with E-state index in [1.807, 2.05) is 30.3 Å². The van der Waals surface area contributed by atoms with Crippen LogP contribution in [0.2, 0.25) is 0 Å². The predicted molar refractivity (Wildman–Crippen MR) is 67.8 cm³/mol. The number of para-hydroxylation sites is 1. The Morgan fingerprint density at radius 1 is 1.41 bits per heavy atom. The van der Waals surface area contributed by atoms with Crippen LogP contribution in [-0.2, 0) is 0 Å². The van der Waals surface area contributed by atoms with E-state index in [4.69, 9.17) is 0 Å². The van der Waals surface area contributed by atoms with Crippen molar-refractivity contribution < 1.29 is 4.79 Å². The molecule has 2 N–H and O–H groups in total. The van der Waals surface area contributed by atoms with Crippen molar-refractivity contribution >= 4 is 17.7 Å². The summed E-state index contributed by atoms with van der Waals surface area (Å²) in [6, 6.07) is 9.28. The molecule has 2 rings (SSSR count). The number of nitrogens with zero attached hydrogens (tertiary/aromatic N) is 1. The number of hydrogen-bond acceptors (Lipinski definition) is 2. The molecule has 1 amide bonds. The standard InChI is InChI=1S/C13H13N3O/c1-3-11-14-9(2)12(16-11)13(17)15-10-7-5-4-6-8-10/h3-8H,1H2,2H3,(H,14,16)(H,15,17). The third-order valence-corrected chi connectivity index (χ3v) is 2.34. The van der Waals surface area contributed by atoms with Gasteiger partial charge in [-0.15, -0.1) is 0 Å². The van der Waals surface area contributed by atoms with Crippen LogP contribution in [0.4, 0.5) is 5.69 Å². The Morgan fingerprint density at radius 2 is 2.12 bits per heavy atom. The van der Waals surface area contributed by atoms with Crippen molar-refractivity contribution in [3.63, 3.8) is 0 Å². The van der Waals surface area contributed by atoms with Crippen LogP contribution in [0.3, 0.4) is 0 Å². The first kappa shape index (κ1) is 11.1. The minimum absolute atomic E-state index is 0.224. The molecule has 0 radical (unpaired) electrons. The molecule has 0 aliphatic carbocycles.